The van der Waals surface area contributed by atoms with Crippen LogP contribution in [0.2, 0.25) is 0 Å². The zero-order valence-corrected chi connectivity index (χ0v) is 12.3. The monoisotopic (exact) mass is 305 g/mol. The van der Waals surface area contributed by atoms with Crippen LogP contribution >= 0.6 is 11.3 Å². The molecular weight excluding hydrogens is 290 g/mol. The molecule has 1 aliphatic carbocycles. The van der Waals surface area contributed by atoms with Gasteiger partial charge in [0.1, 0.15) is 10.9 Å². The zero-order chi connectivity index (χ0) is 15.0. The van der Waals surface area contributed by atoms with Gasteiger partial charge in [0.25, 0.3) is 0 Å². The van der Waals surface area contributed by atoms with Crippen molar-refractivity contribution in [3.63, 3.8) is 0 Å². The van der Waals surface area contributed by atoms with E-state index in [0.717, 1.165) is 34.0 Å². The van der Waals surface area contributed by atoms with E-state index in [1.807, 2.05) is 0 Å². The molecule has 1 unspecified atom stereocenters. The van der Waals surface area contributed by atoms with Gasteiger partial charge >= 0.3 is 5.97 Å². The number of carbonyl (C=O) groups excluding carboxylic acids is 1. The molecule has 0 saturated heterocycles. The van der Waals surface area contributed by atoms with Gasteiger partial charge in [0.05, 0.1) is 12.3 Å². The Kier molecular flexibility index (Phi) is 3.55. The second-order valence-electron chi connectivity index (χ2n) is 4.87. The van der Waals surface area contributed by atoms with Gasteiger partial charge in [-0.1, -0.05) is 0 Å². The standard InChI is InChI=1S/C15H15NO4S/c1-2-20-15(19)9-4-6-12-13(9)16-14(21-12)8-3-5-10(17)11(18)7-8/h3,5,7,9,17-18H,2,4,6H2,1H3. The predicted octanol–water partition coefficient (Wildman–Crippen LogP) is 2.81. The van der Waals surface area contributed by atoms with E-state index in [1.165, 1.54) is 23.5 Å². The highest BCUT2D eigenvalue weighted by atomic mass is 32.1. The van der Waals surface area contributed by atoms with E-state index in [1.54, 1.807) is 13.0 Å². The van der Waals surface area contributed by atoms with Gasteiger partial charge < -0.3 is 14.9 Å². The van der Waals surface area contributed by atoms with Crippen molar-refractivity contribution in [2.75, 3.05) is 6.61 Å². The summed E-state index contributed by atoms with van der Waals surface area (Å²) in [5, 5.41) is 19.7. The minimum absolute atomic E-state index is 0.160. The van der Waals surface area contributed by atoms with Crippen LogP contribution in [0.25, 0.3) is 10.6 Å². The highest BCUT2D eigenvalue weighted by molar-refractivity contribution is 7.15. The number of aryl methyl sites for hydroxylation is 1. The first kappa shape index (κ1) is 13.9. The Balaban J connectivity index is 1.92. The topological polar surface area (TPSA) is 79.7 Å². The second-order valence-corrected chi connectivity index (χ2v) is 5.96. The fraction of sp³-hybridized carbons (Fsp3) is 0.333. The number of ether oxygens (including phenoxy) is 1. The lowest BCUT2D eigenvalue weighted by Gasteiger charge is -2.07. The van der Waals surface area contributed by atoms with Crippen LogP contribution in [-0.2, 0) is 16.0 Å². The predicted molar refractivity (Wildman–Crippen MR) is 78.6 cm³/mol. The van der Waals surface area contributed by atoms with Gasteiger partial charge in [-0.25, -0.2) is 4.98 Å². The van der Waals surface area contributed by atoms with Gasteiger partial charge in [0, 0.05) is 10.4 Å². The molecule has 3 rings (SSSR count). The summed E-state index contributed by atoms with van der Waals surface area (Å²) in [7, 11) is 0. The van der Waals surface area contributed by atoms with Crippen LogP contribution in [0.5, 0.6) is 11.5 Å². The number of benzene rings is 1. The molecule has 0 bridgehead atoms. The average Bonchev–Trinajstić information content (AvgIpc) is 3.01. The molecule has 0 aliphatic heterocycles. The summed E-state index contributed by atoms with van der Waals surface area (Å²) in [5.41, 5.74) is 1.52. The van der Waals surface area contributed by atoms with Crippen molar-refractivity contribution in [3.05, 3.63) is 28.8 Å². The lowest BCUT2D eigenvalue weighted by molar-refractivity contribution is -0.145. The number of phenolic OH excluding ortho intramolecular Hbond substituents is 2. The molecular formula is C15H15NO4S. The molecule has 1 aromatic heterocycles. The molecule has 2 aromatic rings. The summed E-state index contributed by atoms with van der Waals surface area (Å²) < 4.78 is 5.09. The van der Waals surface area contributed by atoms with E-state index >= 15 is 0 Å². The SMILES string of the molecule is CCOC(=O)C1CCc2sc(-c3ccc(O)c(O)c3)nc21. The van der Waals surface area contributed by atoms with Crippen LogP contribution in [0.3, 0.4) is 0 Å². The molecule has 0 amide bonds. The third-order valence-electron chi connectivity index (χ3n) is 3.51. The molecule has 0 radical (unpaired) electrons. The summed E-state index contributed by atoms with van der Waals surface area (Å²) in [6.45, 7) is 2.16. The number of aromatic hydroxyl groups is 2. The van der Waals surface area contributed by atoms with Crippen molar-refractivity contribution in [1.29, 1.82) is 0 Å². The van der Waals surface area contributed by atoms with E-state index in [-0.39, 0.29) is 23.4 Å². The summed E-state index contributed by atoms with van der Waals surface area (Å²) in [4.78, 5) is 17.6. The largest absolute Gasteiger partial charge is 0.504 e. The number of rotatable bonds is 3. The van der Waals surface area contributed by atoms with Crippen LogP contribution in [0.1, 0.15) is 29.8 Å². The van der Waals surface area contributed by atoms with Crippen molar-refractivity contribution in [2.45, 2.75) is 25.7 Å². The van der Waals surface area contributed by atoms with Crippen LogP contribution < -0.4 is 0 Å². The van der Waals surface area contributed by atoms with Gasteiger partial charge in [-0.05, 0) is 38.0 Å². The maximum absolute atomic E-state index is 11.9. The number of hydrogen-bond acceptors (Lipinski definition) is 6. The van der Waals surface area contributed by atoms with Gasteiger partial charge in [0.2, 0.25) is 0 Å². The fourth-order valence-electron chi connectivity index (χ4n) is 2.48. The number of aromatic nitrogens is 1. The quantitative estimate of drug-likeness (QED) is 0.673. The molecule has 110 valence electrons. The number of fused-ring (bicyclic) bond motifs is 1. The summed E-state index contributed by atoms with van der Waals surface area (Å²) in [6, 6.07) is 4.60. The van der Waals surface area contributed by atoms with Crippen molar-refractivity contribution < 1.29 is 19.7 Å². The minimum Gasteiger partial charge on any atom is -0.504 e. The van der Waals surface area contributed by atoms with Crippen molar-refractivity contribution in [3.8, 4) is 22.1 Å². The number of hydrogen-bond donors (Lipinski definition) is 2. The lowest BCUT2D eigenvalue weighted by Crippen LogP contribution is -2.14. The van der Waals surface area contributed by atoms with E-state index < -0.39 is 0 Å². The zero-order valence-electron chi connectivity index (χ0n) is 11.5. The first-order valence-electron chi connectivity index (χ1n) is 6.78. The Morgan fingerprint density at radius 3 is 2.95 bits per heavy atom. The molecule has 21 heavy (non-hydrogen) atoms. The molecule has 6 heteroatoms. The highest BCUT2D eigenvalue weighted by Crippen LogP contribution is 2.41. The van der Waals surface area contributed by atoms with E-state index in [0.29, 0.717) is 6.61 Å². The number of thiazole rings is 1. The molecule has 0 spiro atoms. The second kappa shape index (κ2) is 5.37. The molecule has 2 N–H and O–H groups in total. The van der Waals surface area contributed by atoms with Crippen molar-refractivity contribution in [2.24, 2.45) is 0 Å². The third-order valence-corrected chi connectivity index (χ3v) is 4.69. The Labute approximate surface area is 125 Å². The van der Waals surface area contributed by atoms with E-state index in [2.05, 4.69) is 4.98 Å². The van der Waals surface area contributed by atoms with Gasteiger partial charge in [-0.3, -0.25) is 4.79 Å². The summed E-state index contributed by atoms with van der Waals surface area (Å²) in [6.07, 6.45) is 1.56. The Bertz CT molecular complexity index is 695. The highest BCUT2D eigenvalue weighted by Gasteiger charge is 2.33. The third kappa shape index (κ3) is 2.47. The molecule has 1 heterocycles. The van der Waals surface area contributed by atoms with Gasteiger partial charge in [-0.2, -0.15) is 0 Å². The van der Waals surface area contributed by atoms with Crippen LogP contribution in [-0.4, -0.2) is 27.8 Å². The molecule has 1 atom stereocenters. The molecule has 1 aromatic carbocycles. The van der Waals surface area contributed by atoms with Crippen LogP contribution in [0.15, 0.2) is 18.2 Å². The first-order valence-corrected chi connectivity index (χ1v) is 7.60. The smallest absolute Gasteiger partial charge is 0.315 e. The maximum atomic E-state index is 11.9. The maximum Gasteiger partial charge on any atom is 0.315 e. The van der Waals surface area contributed by atoms with Crippen LogP contribution in [0, 0.1) is 0 Å². The Hall–Kier alpha value is -2.08. The number of esters is 1. The molecule has 1 aliphatic rings. The Morgan fingerprint density at radius 2 is 2.24 bits per heavy atom. The van der Waals surface area contributed by atoms with E-state index in [4.69, 9.17) is 4.74 Å². The minimum atomic E-state index is -0.282. The summed E-state index contributed by atoms with van der Waals surface area (Å²) >= 11 is 1.52. The average molecular weight is 305 g/mol. The molecule has 0 saturated carbocycles. The summed E-state index contributed by atoms with van der Waals surface area (Å²) in [5.74, 6) is -0.839. The Morgan fingerprint density at radius 1 is 1.43 bits per heavy atom. The normalized spacial score (nSPS) is 16.7. The van der Waals surface area contributed by atoms with Gasteiger partial charge in [0.15, 0.2) is 11.5 Å². The van der Waals surface area contributed by atoms with Crippen molar-refractivity contribution >= 4 is 17.3 Å². The number of nitrogens with zero attached hydrogens (tertiary/aromatic N) is 1. The van der Waals surface area contributed by atoms with Crippen molar-refractivity contribution in [1.82, 2.24) is 4.98 Å². The number of carbonyl (C=O) groups is 1. The number of phenols is 2. The lowest BCUT2D eigenvalue weighted by atomic mass is 10.1. The molecule has 5 nitrogen and oxygen atoms in total. The fourth-order valence-corrected chi connectivity index (χ4v) is 3.61. The molecule has 0 fully saturated rings. The first-order chi connectivity index (χ1) is 10.1. The van der Waals surface area contributed by atoms with Gasteiger partial charge in [-0.15, -0.1) is 11.3 Å². The van der Waals surface area contributed by atoms with Crippen LogP contribution in [0.4, 0.5) is 0 Å². The van der Waals surface area contributed by atoms with E-state index in [9.17, 15) is 15.0 Å².